The second-order valence-electron chi connectivity index (χ2n) is 2.94. The van der Waals surface area contributed by atoms with E-state index < -0.39 is 0 Å². The molecule has 0 aliphatic heterocycles. The number of hydrogen-bond donors (Lipinski definition) is 1. The number of hydrogen-bond acceptors (Lipinski definition) is 4. The Labute approximate surface area is 90.3 Å². The van der Waals surface area contributed by atoms with E-state index in [9.17, 15) is 0 Å². The van der Waals surface area contributed by atoms with Gasteiger partial charge in [0, 0.05) is 11.9 Å². The molecule has 2 heterocycles. The van der Waals surface area contributed by atoms with E-state index in [1.807, 2.05) is 19.2 Å². The molecule has 14 heavy (non-hydrogen) atoms. The Morgan fingerprint density at radius 3 is 2.86 bits per heavy atom. The Kier molecular flexibility index (Phi) is 2.54. The number of halogens is 1. The van der Waals surface area contributed by atoms with Crippen molar-refractivity contribution < 1.29 is 0 Å². The summed E-state index contributed by atoms with van der Waals surface area (Å²) in [5.74, 6) is 0. The standard InChI is InChI=1S/C8H9ClN4S/c1-13-4-5(11-12-13)8(10)6-2-3-7(9)14-6/h2-4,8H,10H2,1H3. The first-order valence-corrected chi connectivity index (χ1v) is 5.23. The predicted octanol–water partition coefficient (Wildman–Crippen LogP) is 1.58. The van der Waals surface area contributed by atoms with E-state index in [2.05, 4.69) is 10.3 Å². The van der Waals surface area contributed by atoms with Crippen molar-refractivity contribution in [3.8, 4) is 0 Å². The van der Waals surface area contributed by atoms with E-state index in [-0.39, 0.29) is 6.04 Å². The number of aromatic nitrogens is 3. The maximum atomic E-state index is 5.98. The third kappa shape index (κ3) is 1.79. The summed E-state index contributed by atoms with van der Waals surface area (Å²) in [6.07, 6.45) is 1.80. The van der Waals surface area contributed by atoms with Crippen LogP contribution < -0.4 is 5.73 Å². The van der Waals surface area contributed by atoms with Crippen LogP contribution in [-0.4, -0.2) is 15.0 Å². The van der Waals surface area contributed by atoms with Gasteiger partial charge in [0.25, 0.3) is 0 Å². The normalized spacial score (nSPS) is 13.1. The molecular weight excluding hydrogens is 220 g/mol. The first-order chi connectivity index (χ1) is 6.66. The Hall–Kier alpha value is -0.910. The Morgan fingerprint density at radius 2 is 2.36 bits per heavy atom. The molecule has 0 saturated heterocycles. The Morgan fingerprint density at radius 1 is 1.57 bits per heavy atom. The largest absolute Gasteiger partial charge is 0.318 e. The molecular formula is C8H9ClN4S. The molecule has 4 nitrogen and oxygen atoms in total. The molecule has 0 spiro atoms. The highest BCUT2D eigenvalue weighted by atomic mass is 35.5. The third-order valence-corrected chi connectivity index (χ3v) is 3.15. The van der Waals surface area contributed by atoms with Crippen molar-refractivity contribution in [2.24, 2.45) is 12.8 Å². The van der Waals surface area contributed by atoms with Crippen LogP contribution in [0.4, 0.5) is 0 Å². The van der Waals surface area contributed by atoms with Crippen LogP contribution in [0.25, 0.3) is 0 Å². The summed E-state index contributed by atoms with van der Waals surface area (Å²) < 4.78 is 2.36. The number of nitrogens with zero attached hydrogens (tertiary/aromatic N) is 3. The van der Waals surface area contributed by atoms with Crippen molar-refractivity contribution in [3.05, 3.63) is 33.2 Å². The summed E-state index contributed by atoms with van der Waals surface area (Å²) in [5, 5.41) is 7.78. The minimum absolute atomic E-state index is 0.235. The van der Waals surface area contributed by atoms with Gasteiger partial charge in [-0.3, -0.25) is 4.68 Å². The van der Waals surface area contributed by atoms with Gasteiger partial charge in [-0.15, -0.1) is 16.4 Å². The molecule has 0 aliphatic rings. The lowest BCUT2D eigenvalue weighted by molar-refractivity contribution is 0.711. The van der Waals surface area contributed by atoms with Crippen LogP contribution in [0.5, 0.6) is 0 Å². The minimum atomic E-state index is -0.235. The van der Waals surface area contributed by atoms with Gasteiger partial charge in [-0.1, -0.05) is 16.8 Å². The molecule has 1 atom stereocenters. The quantitative estimate of drug-likeness (QED) is 0.849. The van der Waals surface area contributed by atoms with Crippen molar-refractivity contribution in [3.63, 3.8) is 0 Å². The van der Waals surface area contributed by atoms with Gasteiger partial charge < -0.3 is 5.73 Å². The molecule has 0 aromatic carbocycles. The Bertz CT molecular complexity index is 396. The highest BCUT2D eigenvalue weighted by Gasteiger charge is 2.14. The highest BCUT2D eigenvalue weighted by Crippen LogP contribution is 2.28. The fraction of sp³-hybridized carbons (Fsp3) is 0.250. The Balaban J connectivity index is 2.28. The summed E-state index contributed by atoms with van der Waals surface area (Å²) in [7, 11) is 1.81. The molecule has 0 amide bonds. The van der Waals surface area contributed by atoms with Crippen LogP contribution in [-0.2, 0) is 7.05 Å². The fourth-order valence-corrected chi connectivity index (χ4v) is 2.22. The van der Waals surface area contributed by atoms with Gasteiger partial charge in [0.15, 0.2) is 0 Å². The summed E-state index contributed by atoms with van der Waals surface area (Å²) >= 11 is 7.28. The average Bonchev–Trinajstić information content (AvgIpc) is 2.73. The summed E-state index contributed by atoms with van der Waals surface area (Å²) in [6, 6.07) is 3.51. The molecule has 0 bridgehead atoms. The summed E-state index contributed by atoms with van der Waals surface area (Å²) in [4.78, 5) is 0.996. The van der Waals surface area contributed by atoms with Crippen LogP contribution >= 0.6 is 22.9 Å². The van der Waals surface area contributed by atoms with E-state index in [0.717, 1.165) is 14.9 Å². The number of aryl methyl sites for hydroxylation is 1. The number of thiophene rings is 1. The SMILES string of the molecule is Cn1cc(C(N)c2ccc(Cl)s2)nn1. The molecule has 74 valence electrons. The molecule has 1 unspecified atom stereocenters. The van der Waals surface area contributed by atoms with Crippen LogP contribution in [0.3, 0.4) is 0 Å². The third-order valence-electron chi connectivity index (χ3n) is 1.84. The van der Waals surface area contributed by atoms with E-state index in [4.69, 9.17) is 17.3 Å². The maximum absolute atomic E-state index is 5.98. The van der Waals surface area contributed by atoms with Gasteiger partial charge >= 0.3 is 0 Å². The van der Waals surface area contributed by atoms with E-state index in [0.29, 0.717) is 0 Å². The van der Waals surface area contributed by atoms with Crippen molar-refractivity contribution >= 4 is 22.9 Å². The van der Waals surface area contributed by atoms with Gasteiger partial charge in [-0.2, -0.15) is 0 Å². The molecule has 2 aromatic heterocycles. The first kappa shape index (κ1) is 9.64. The van der Waals surface area contributed by atoms with Crippen molar-refractivity contribution in [1.82, 2.24) is 15.0 Å². The average molecular weight is 229 g/mol. The van der Waals surface area contributed by atoms with Gasteiger partial charge in [0.2, 0.25) is 0 Å². The van der Waals surface area contributed by atoms with Crippen LogP contribution in [0.15, 0.2) is 18.3 Å². The molecule has 2 aromatic rings. The van der Waals surface area contributed by atoms with Crippen molar-refractivity contribution in [2.45, 2.75) is 6.04 Å². The lowest BCUT2D eigenvalue weighted by Crippen LogP contribution is -2.10. The van der Waals surface area contributed by atoms with Gasteiger partial charge in [0.1, 0.15) is 5.69 Å². The van der Waals surface area contributed by atoms with Gasteiger partial charge in [-0.25, -0.2) is 0 Å². The highest BCUT2D eigenvalue weighted by molar-refractivity contribution is 7.16. The van der Waals surface area contributed by atoms with Crippen molar-refractivity contribution in [2.75, 3.05) is 0 Å². The molecule has 0 saturated carbocycles. The van der Waals surface area contributed by atoms with Crippen molar-refractivity contribution in [1.29, 1.82) is 0 Å². The zero-order chi connectivity index (χ0) is 10.1. The fourth-order valence-electron chi connectivity index (χ4n) is 1.15. The second-order valence-corrected chi connectivity index (χ2v) is 4.68. The zero-order valence-electron chi connectivity index (χ0n) is 7.51. The number of rotatable bonds is 2. The zero-order valence-corrected chi connectivity index (χ0v) is 9.09. The number of nitrogens with two attached hydrogens (primary N) is 1. The minimum Gasteiger partial charge on any atom is -0.318 e. The van der Waals surface area contributed by atoms with E-state index >= 15 is 0 Å². The van der Waals surface area contributed by atoms with E-state index in [1.165, 1.54) is 11.3 Å². The molecule has 0 radical (unpaired) electrons. The lowest BCUT2D eigenvalue weighted by atomic mass is 10.2. The first-order valence-electron chi connectivity index (χ1n) is 4.04. The topological polar surface area (TPSA) is 56.7 Å². The summed E-state index contributed by atoms with van der Waals surface area (Å²) in [5.41, 5.74) is 6.73. The van der Waals surface area contributed by atoms with E-state index in [1.54, 1.807) is 10.9 Å². The van der Waals surface area contributed by atoms with Gasteiger partial charge in [0.05, 0.1) is 16.6 Å². The lowest BCUT2D eigenvalue weighted by Gasteiger charge is -2.03. The molecule has 6 heteroatoms. The van der Waals surface area contributed by atoms with Crippen LogP contribution in [0.1, 0.15) is 16.6 Å². The molecule has 0 aliphatic carbocycles. The maximum Gasteiger partial charge on any atom is 0.105 e. The monoisotopic (exact) mass is 228 g/mol. The van der Waals surface area contributed by atoms with Gasteiger partial charge in [-0.05, 0) is 12.1 Å². The molecule has 2 N–H and O–H groups in total. The van der Waals surface area contributed by atoms with Crippen LogP contribution in [0.2, 0.25) is 4.34 Å². The smallest absolute Gasteiger partial charge is 0.105 e. The van der Waals surface area contributed by atoms with Crippen LogP contribution in [0, 0.1) is 0 Å². The summed E-state index contributed by atoms with van der Waals surface area (Å²) in [6.45, 7) is 0. The molecule has 0 fully saturated rings. The predicted molar refractivity (Wildman–Crippen MR) is 56.4 cm³/mol. The molecule has 2 rings (SSSR count). The second kappa shape index (κ2) is 3.68.